The van der Waals surface area contributed by atoms with E-state index in [9.17, 15) is 33.2 Å². The molecule has 148 valence electrons. The van der Waals surface area contributed by atoms with Crippen molar-refractivity contribution in [2.45, 2.75) is 12.1 Å². The van der Waals surface area contributed by atoms with E-state index in [-0.39, 0.29) is 24.4 Å². The highest BCUT2D eigenvalue weighted by molar-refractivity contribution is 7.88. The molecule has 0 spiro atoms. The number of piperazine rings is 1. The first-order chi connectivity index (χ1) is 12.6. The minimum absolute atomic E-state index is 0.00404. The lowest BCUT2D eigenvalue weighted by atomic mass is 9.94. The Kier molecular flexibility index (Phi) is 6.13. The van der Waals surface area contributed by atoms with Crippen LogP contribution in [0.3, 0.4) is 0 Å². The summed E-state index contributed by atoms with van der Waals surface area (Å²) in [7, 11) is -2.63. The number of amides is 1. The Morgan fingerprint density at radius 2 is 2.11 bits per heavy atom. The predicted octanol–water partition coefficient (Wildman–Crippen LogP) is -0.161. The largest absolute Gasteiger partial charge is 0.480 e. The zero-order valence-electron chi connectivity index (χ0n) is 14.6. The molecule has 1 heterocycles. The molecule has 11 nitrogen and oxygen atoms in total. The van der Waals surface area contributed by atoms with Gasteiger partial charge >= 0.3 is 5.97 Å². The highest BCUT2D eigenvalue weighted by atomic mass is 32.2. The minimum atomic E-state index is -4.02. The second-order valence-electron chi connectivity index (χ2n) is 5.97. The van der Waals surface area contributed by atoms with Crippen LogP contribution in [-0.4, -0.2) is 78.6 Å². The first-order valence-electron chi connectivity index (χ1n) is 7.80. The lowest BCUT2D eigenvalue weighted by molar-refractivity contribution is -0.385. The van der Waals surface area contributed by atoms with Crippen molar-refractivity contribution in [3.05, 3.63) is 39.9 Å². The van der Waals surface area contributed by atoms with Crippen LogP contribution in [0.1, 0.15) is 11.6 Å². The van der Waals surface area contributed by atoms with Gasteiger partial charge in [-0.25, -0.2) is 8.42 Å². The number of carboxylic acid groups (broad SMARTS) is 1. The lowest BCUT2D eigenvalue weighted by Crippen LogP contribution is -2.62. The van der Waals surface area contributed by atoms with Crippen molar-refractivity contribution in [2.24, 2.45) is 0 Å². The smallest absolute Gasteiger partial charge is 0.324 e. The number of hydrogen-bond donors (Lipinski definition) is 1. The van der Waals surface area contributed by atoms with Crippen molar-refractivity contribution in [1.82, 2.24) is 9.21 Å². The number of carboxylic acids is 1. The lowest BCUT2D eigenvalue weighted by Gasteiger charge is -2.44. The van der Waals surface area contributed by atoms with Crippen LogP contribution in [0, 0.1) is 10.1 Å². The molecule has 1 aromatic rings. The highest BCUT2D eigenvalue weighted by Gasteiger charge is 2.49. The van der Waals surface area contributed by atoms with Gasteiger partial charge in [0.15, 0.2) is 0 Å². The van der Waals surface area contributed by atoms with Crippen LogP contribution in [0.5, 0.6) is 0 Å². The monoisotopic (exact) mass is 401 g/mol. The molecule has 1 saturated heterocycles. The maximum atomic E-state index is 12.6. The van der Waals surface area contributed by atoms with Crippen LogP contribution in [0.4, 0.5) is 5.69 Å². The molecule has 0 aliphatic carbocycles. The summed E-state index contributed by atoms with van der Waals surface area (Å²) in [6.07, 6.45) is 0.811. The number of nitro groups is 1. The van der Waals surface area contributed by atoms with Gasteiger partial charge in [0.1, 0.15) is 6.04 Å². The number of benzene rings is 1. The summed E-state index contributed by atoms with van der Waals surface area (Å²) < 4.78 is 29.7. The maximum absolute atomic E-state index is 12.6. The van der Waals surface area contributed by atoms with E-state index >= 15 is 0 Å². The average molecular weight is 401 g/mol. The molecule has 1 amide bonds. The van der Waals surface area contributed by atoms with E-state index in [0.29, 0.717) is 4.31 Å². The normalized spacial score (nSPS) is 21.3. The molecule has 1 fully saturated rings. The number of aliphatic carboxylic acids is 1. The molecule has 2 atom stereocenters. The first-order valence-corrected chi connectivity index (χ1v) is 9.65. The quantitative estimate of drug-likeness (QED) is 0.489. The summed E-state index contributed by atoms with van der Waals surface area (Å²) >= 11 is 0. The van der Waals surface area contributed by atoms with E-state index in [1.807, 2.05) is 0 Å². The third kappa shape index (κ3) is 4.40. The van der Waals surface area contributed by atoms with E-state index in [0.717, 1.165) is 12.3 Å². The summed E-state index contributed by atoms with van der Waals surface area (Å²) in [4.78, 5) is 36.1. The highest BCUT2D eigenvalue weighted by Crippen LogP contribution is 2.34. The number of rotatable bonds is 7. The summed E-state index contributed by atoms with van der Waals surface area (Å²) in [5, 5.41) is 20.8. The van der Waals surface area contributed by atoms with Crippen molar-refractivity contribution in [2.75, 3.05) is 33.1 Å². The molecule has 0 saturated carbocycles. The molecule has 2 unspecified atom stereocenters. The van der Waals surface area contributed by atoms with Crippen LogP contribution in [0.2, 0.25) is 0 Å². The molecular weight excluding hydrogens is 382 g/mol. The zero-order chi connectivity index (χ0) is 20.4. The number of nitro benzene ring substituents is 1. The SMILES string of the molecule is COCCN1C(=O)CN(S(C)(=O)=O)C(C(=O)O)C1c1cccc([N+](=O)[O-])c1. The summed E-state index contributed by atoms with van der Waals surface area (Å²) in [6.45, 7) is -0.544. The van der Waals surface area contributed by atoms with Gasteiger partial charge in [-0.05, 0) is 5.56 Å². The average Bonchev–Trinajstić information content (AvgIpc) is 2.58. The van der Waals surface area contributed by atoms with Gasteiger partial charge in [-0.3, -0.25) is 19.7 Å². The van der Waals surface area contributed by atoms with Crippen LogP contribution in [0.25, 0.3) is 0 Å². The van der Waals surface area contributed by atoms with Gasteiger partial charge in [-0.2, -0.15) is 4.31 Å². The molecule has 27 heavy (non-hydrogen) atoms. The Morgan fingerprint density at radius 3 is 2.63 bits per heavy atom. The van der Waals surface area contributed by atoms with Gasteiger partial charge in [0, 0.05) is 25.8 Å². The van der Waals surface area contributed by atoms with Crippen LogP contribution < -0.4 is 0 Å². The van der Waals surface area contributed by atoms with Gasteiger partial charge in [-0.1, -0.05) is 12.1 Å². The maximum Gasteiger partial charge on any atom is 0.324 e. The topological polar surface area (TPSA) is 147 Å². The Morgan fingerprint density at radius 1 is 1.44 bits per heavy atom. The third-order valence-corrected chi connectivity index (χ3v) is 5.40. The number of methoxy groups -OCH3 is 1. The summed E-state index contributed by atoms with van der Waals surface area (Å²) in [6, 6.07) is 2.26. The fraction of sp³-hybridized carbons (Fsp3) is 0.467. The molecule has 1 aromatic carbocycles. The second kappa shape index (κ2) is 7.98. The number of carbonyl (C=O) groups excluding carboxylic acids is 1. The van der Waals surface area contributed by atoms with Gasteiger partial charge in [0.05, 0.1) is 30.4 Å². The molecule has 1 aliphatic heterocycles. The summed E-state index contributed by atoms with van der Waals surface area (Å²) in [5.74, 6) is -2.08. The predicted molar refractivity (Wildman–Crippen MR) is 92.4 cm³/mol. The molecule has 1 N–H and O–H groups in total. The molecular formula is C15H19N3O8S. The van der Waals surface area contributed by atoms with Crippen molar-refractivity contribution in [1.29, 1.82) is 0 Å². The standard InChI is InChI=1S/C15H19N3O8S/c1-26-7-6-16-12(19)9-17(27(2,24)25)14(15(20)21)13(16)10-4-3-5-11(8-10)18(22)23/h3-5,8,13-14H,6-7,9H2,1-2H3,(H,20,21). The van der Waals surface area contributed by atoms with E-state index in [4.69, 9.17) is 4.74 Å². The fourth-order valence-electron chi connectivity index (χ4n) is 3.03. The van der Waals surface area contributed by atoms with Gasteiger partial charge in [-0.15, -0.1) is 0 Å². The van der Waals surface area contributed by atoms with Crippen molar-refractivity contribution < 1.29 is 32.8 Å². The van der Waals surface area contributed by atoms with Crippen molar-refractivity contribution >= 4 is 27.6 Å². The molecule has 0 radical (unpaired) electrons. The van der Waals surface area contributed by atoms with Gasteiger partial charge in [0.25, 0.3) is 5.69 Å². The molecule has 12 heteroatoms. The van der Waals surface area contributed by atoms with Crippen LogP contribution in [0.15, 0.2) is 24.3 Å². The number of hydrogen-bond acceptors (Lipinski definition) is 7. The van der Waals surface area contributed by atoms with E-state index in [1.54, 1.807) is 0 Å². The van der Waals surface area contributed by atoms with E-state index in [2.05, 4.69) is 0 Å². The number of non-ortho nitro benzene ring substituents is 1. The van der Waals surface area contributed by atoms with Crippen LogP contribution >= 0.6 is 0 Å². The Bertz CT molecular complexity index is 856. The number of nitrogens with zero attached hydrogens (tertiary/aromatic N) is 3. The van der Waals surface area contributed by atoms with Gasteiger partial charge in [0.2, 0.25) is 15.9 Å². The number of ether oxygens (including phenoxy) is 1. The van der Waals surface area contributed by atoms with Crippen molar-refractivity contribution in [3.8, 4) is 0 Å². The molecule has 0 aromatic heterocycles. The number of sulfonamides is 1. The van der Waals surface area contributed by atoms with Gasteiger partial charge < -0.3 is 14.7 Å². The van der Waals surface area contributed by atoms with Crippen molar-refractivity contribution in [3.63, 3.8) is 0 Å². The van der Waals surface area contributed by atoms with Crippen LogP contribution in [-0.2, 0) is 24.3 Å². The molecule has 0 bridgehead atoms. The first kappa shape index (κ1) is 20.7. The Hall–Kier alpha value is -2.57. The number of carbonyl (C=O) groups is 2. The van der Waals surface area contributed by atoms with E-state index in [1.165, 1.54) is 30.2 Å². The Balaban J connectivity index is 2.64. The minimum Gasteiger partial charge on any atom is -0.480 e. The molecule has 1 aliphatic rings. The second-order valence-corrected chi connectivity index (χ2v) is 7.90. The zero-order valence-corrected chi connectivity index (χ0v) is 15.5. The fourth-order valence-corrected chi connectivity index (χ4v) is 3.99. The molecule has 2 rings (SSSR count). The van der Waals surface area contributed by atoms with E-state index < -0.39 is 45.5 Å². The Labute approximate surface area is 155 Å². The third-order valence-electron chi connectivity index (χ3n) is 4.19. The summed E-state index contributed by atoms with van der Waals surface area (Å²) in [5.41, 5.74) is -0.151.